The molecule has 0 unspecified atom stereocenters. The number of halogens is 3. The lowest BCUT2D eigenvalue weighted by Gasteiger charge is -2.00. The molecule has 0 saturated heterocycles. The number of aromatic nitrogens is 1. The third-order valence-electron chi connectivity index (χ3n) is 1.19. The topological polar surface area (TPSA) is 89.4 Å². The van der Waals surface area contributed by atoms with Crippen LogP contribution in [0.25, 0.3) is 0 Å². The van der Waals surface area contributed by atoms with Crippen molar-refractivity contribution in [2.24, 2.45) is 0 Å². The average molecular weight is 196 g/mol. The third kappa shape index (κ3) is 1.55. The highest BCUT2D eigenvalue weighted by atomic mass is 19.4. The first-order chi connectivity index (χ1) is 5.84. The van der Waals surface area contributed by atoms with Crippen molar-refractivity contribution in [3.8, 4) is 0 Å². The highest BCUT2D eigenvalue weighted by Gasteiger charge is 2.40. The summed E-state index contributed by atoms with van der Waals surface area (Å²) in [5, 5.41) is 10.9. The molecule has 0 fully saturated rings. The predicted octanol–water partition coefficient (Wildman–Crippen LogP) is 0.974. The molecule has 0 aliphatic carbocycles. The Hall–Kier alpha value is -1.73. The van der Waals surface area contributed by atoms with Gasteiger partial charge in [-0.3, -0.25) is 0 Å². The Morgan fingerprint density at radius 3 is 2.31 bits per heavy atom. The van der Waals surface area contributed by atoms with E-state index in [2.05, 4.69) is 9.68 Å². The van der Waals surface area contributed by atoms with Gasteiger partial charge in [0.1, 0.15) is 5.69 Å². The van der Waals surface area contributed by atoms with Gasteiger partial charge in [-0.25, -0.2) is 4.79 Å². The Bertz CT molecular complexity index is 343. The summed E-state index contributed by atoms with van der Waals surface area (Å²) in [6.45, 7) is 0. The molecule has 1 aromatic rings. The highest BCUT2D eigenvalue weighted by molar-refractivity contribution is 5.91. The Morgan fingerprint density at radius 2 is 2.08 bits per heavy atom. The lowest BCUT2D eigenvalue weighted by atomic mass is 10.3. The van der Waals surface area contributed by atoms with Crippen LogP contribution in [0.3, 0.4) is 0 Å². The number of hydrogen-bond donors (Lipinski definition) is 2. The van der Waals surface area contributed by atoms with E-state index in [-0.39, 0.29) is 0 Å². The van der Waals surface area contributed by atoms with Gasteiger partial charge in [-0.2, -0.15) is 13.2 Å². The van der Waals surface area contributed by atoms with Crippen LogP contribution in [0.15, 0.2) is 4.52 Å². The van der Waals surface area contributed by atoms with Gasteiger partial charge < -0.3 is 15.4 Å². The van der Waals surface area contributed by atoms with Crippen LogP contribution in [-0.2, 0) is 6.18 Å². The van der Waals surface area contributed by atoms with Gasteiger partial charge >= 0.3 is 12.1 Å². The molecule has 1 rings (SSSR count). The van der Waals surface area contributed by atoms with Gasteiger partial charge in [0, 0.05) is 0 Å². The van der Waals surface area contributed by atoms with E-state index in [0.29, 0.717) is 0 Å². The average Bonchev–Trinajstić information content (AvgIpc) is 2.28. The number of rotatable bonds is 1. The fraction of sp³-hybridized carbons (Fsp3) is 0.200. The molecular formula is C5H3F3N2O3. The van der Waals surface area contributed by atoms with E-state index in [1.54, 1.807) is 0 Å². The maximum Gasteiger partial charge on any atom is 0.454 e. The van der Waals surface area contributed by atoms with Crippen molar-refractivity contribution in [2.75, 3.05) is 5.73 Å². The molecule has 3 N–H and O–H groups in total. The molecule has 8 heteroatoms. The number of nitrogens with two attached hydrogens (primary N) is 1. The number of alkyl halides is 3. The van der Waals surface area contributed by atoms with Gasteiger partial charge in [0.05, 0.1) is 0 Å². The van der Waals surface area contributed by atoms with E-state index in [4.69, 9.17) is 10.8 Å². The smallest absolute Gasteiger partial charge is 0.454 e. The monoisotopic (exact) mass is 196 g/mol. The van der Waals surface area contributed by atoms with Crippen LogP contribution in [0.5, 0.6) is 0 Å². The molecule has 0 aliphatic rings. The molecule has 0 atom stereocenters. The second-order valence-electron chi connectivity index (χ2n) is 2.08. The zero-order chi connectivity index (χ0) is 10.2. The normalized spacial score (nSPS) is 11.6. The molecule has 0 amide bonds. The maximum absolute atomic E-state index is 11.9. The third-order valence-corrected chi connectivity index (χ3v) is 1.19. The number of carboxylic acids is 1. The second kappa shape index (κ2) is 2.64. The van der Waals surface area contributed by atoms with Crippen LogP contribution in [0.4, 0.5) is 18.9 Å². The Morgan fingerprint density at radius 1 is 1.54 bits per heavy atom. The fourth-order valence-electron chi connectivity index (χ4n) is 0.656. The zero-order valence-corrected chi connectivity index (χ0v) is 5.92. The molecule has 0 saturated carbocycles. The van der Waals surface area contributed by atoms with Crippen molar-refractivity contribution in [2.45, 2.75) is 6.18 Å². The van der Waals surface area contributed by atoms with Crippen molar-refractivity contribution in [3.63, 3.8) is 0 Å². The molecule has 0 spiro atoms. The molecule has 1 aromatic heterocycles. The standard InChI is InChI=1S/C5H3F3N2O3/c6-5(7,8)3-1(9)2(4(11)12)10-13-3/h9H2,(H,11,12). The number of nitrogen functional groups attached to an aromatic ring is 1. The van der Waals surface area contributed by atoms with E-state index >= 15 is 0 Å². The highest BCUT2D eigenvalue weighted by Crippen LogP contribution is 2.34. The largest absolute Gasteiger partial charge is 0.476 e. The molecule has 13 heavy (non-hydrogen) atoms. The first kappa shape index (κ1) is 9.36. The van der Waals surface area contributed by atoms with Gasteiger partial charge in [-0.1, -0.05) is 5.16 Å². The second-order valence-corrected chi connectivity index (χ2v) is 2.08. The summed E-state index contributed by atoms with van der Waals surface area (Å²) in [5.41, 5.74) is 2.88. The Balaban J connectivity index is 3.22. The maximum atomic E-state index is 11.9. The van der Waals surface area contributed by atoms with Crippen molar-refractivity contribution in [1.29, 1.82) is 0 Å². The van der Waals surface area contributed by atoms with E-state index in [0.717, 1.165) is 0 Å². The van der Waals surface area contributed by atoms with Crippen molar-refractivity contribution < 1.29 is 27.6 Å². The Kier molecular flexibility index (Phi) is 1.90. The quantitative estimate of drug-likeness (QED) is 0.698. The fourth-order valence-corrected chi connectivity index (χ4v) is 0.656. The number of aromatic carboxylic acids is 1. The van der Waals surface area contributed by atoms with Crippen molar-refractivity contribution >= 4 is 11.7 Å². The van der Waals surface area contributed by atoms with E-state index in [1.807, 2.05) is 0 Å². The zero-order valence-electron chi connectivity index (χ0n) is 5.92. The van der Waals surface area contributed by atoms with Gasteiger partial charge in [0.2, 0.25) is 5.69 Å². The minimum Gasteiger partial charge on any atom is -0.476 e. The minimum absolute atomic E-state index is 0.938. The molecule has 1 heterocycles. The van der Waals surface area contributed by atoms with Crippen LogP contribution >= 0.6 is 0 Å². The molecule has 5 nitrogen and oxygen atoms in total. The van der Waals surface area contributed by atoms with Crippen molar-refractivity contribution in [3.05, 3.63) is 11.5 Å². The number of hydrogen-bond acceptors (Lipinski definition) is 4. The molecule has 72 valence electrons. The number of anilines is 1. The van der Waals surface area contributed by atoms with Crippen LogP contribution in [0, 0.1) is 0 Å². The minimum atomic E-state index is -4.83. The lowest BCUT2D eigenvalue weighted by Crippen LogP contribution is -2.08. The van der Waals surface area contributed by atoms with Gasteiger partial charge in [-0.05, 0) is 0 Å². The lowest BCUT2D eigenvalue weighted by molar-refractivity contribution is -0.154. The van der Waals surface area contributed by atoms with E-state index in [1.165, 1.54) is 0 Å². The number of carbonyl (C=O) groups is 1. The molecule has 0 aliphatic heterocycles. The number of carboxylic acid groups (broad SMARTS) is 1. The van der Waals surface area contributed by atoms with Gasteiger partial charge in [0.25, 0.3) is 5.76 Å². The summed E-state index contributed by atoms with van der Waals surface area (Å²) in [7, 11) is 0. The van der Waals surface area contributed by atoms with Crippen LogP contribution in [0.1, 0.15) is 16.2 Å². The van der Waals surface area contributed by atoms with Crippen LogP contribution in [0.2, 0.25) is 0 Å². The molecule has 0 bridgehead atoms. The summed E-state index contributed by atoms with van der Waals surface area (Å²) < 4.78 is 39.5. The summed E-state index contributed by atoms with van der Waals surface area (Å²) in [4.78, 5) is 10.2. The molecule has 0 aromatic carbocycles. The van der Waals surface area contributed by atoms with Crippen LogP contribution in [-0.4, -0.2) is 16.2 Å². The first-order valence-corrected chi connectivity index (χ1v) is 2.89. The van der Waals surface area contributed by atoms with E-state index in [9.17, 15) is 18.0 Å². The summed E-state index contributed by atoms with van der Waals surface area (Å²) in [6.07, 6.45) is -4.83. The summed E-state index contributed by atoms with van der Waals surface area (Å²) in [5.74, 6) is -3.26. The summed E-state index contributed by atoms with van der Waals surface area (Å²) in [6, 6.07) is 0. The van der Waals surface area contributed by atoms with E-state index < -0.39 is 29.3 Å². The predicted molar refractivity (Wildman–Crippen MR) is 32.9 cm³/mol. The Labute approximate surface area is 68.9 Å². The van der Waals surface area contributed by atoms with Gasteiger partial charge in [0.15, 0.2) is 0 Å². The van der Waals surface area contributed by atoms with Gasteiger partial charge in [-0.15, -0.1) is 0 Å². The SMILES string of the molecule is Nc1c(C(=O)O)noc1C(F)(F)F. The number of nitrogens with zero attached hydrogens (tertiary/aromatic N) is 1. The van der Waals surface area contributed by atoms with Crippen molar-refractivity contribution in [1.82, 2.24) is 5.16 Å². The summed E-state index contributed by atoms with van der Waals surface area (Å²) >= 11 is 0. The molecule has 0 radical (unpaired) electrons. The first-order valence-electron chi connectivity index (χ1n) is 2.89. The molecular weight excluding hydrogens is 193 g/mol. The van der Waals surface area contributed by atoms with Crippen LogP contribution < -0.4 is 5.73 Å².